The molecule has 1 heterocycles. The van der Waals surface area contributed by atoms with Crippen LogP contribution in [0.15, 0.2) is 24.3 Å². The zero-order valence-corrected chi connectivity index (χ0v) is 16.0. The Morgan fingerprint density at radius 3 is 2.56 bits per heavy atom. The molecular formula is C21H27NO5. The van der Waals surface area contributed by atoms with Gasteiger partial charge < -0.3 is 14.4 Å². The van der Waals surface area contributed by atoms with Gasteiger partial charge >= 0.3 is 11.9 Å². The zero-order valence-electron chi connectivity index (χ0n) is 16.0. The summed E-state index contributed by atoms with van der Waals surface area (Å²) >= 11 is 0. The van der Waals surface area contributed by atoms with Crippen LogP contribution in [0.25, 0.3) is 0 Å². The fourth-order valence-electron chi connectivity index (χ4n) is 4.01. The van der Waals surface area contributed by atoms with Crippen molar-refractivity contribution < 1.29 is 23.9 Å². The molecule has 0 spiro atoms. The van der Waals surface area contributed by atoms with Gasteiger partial charge in [-0.05, 0) is 44.7 Å². The predicted octanol–water partition coefficient (Wildman–Crippen LogP) is 2.88. The SMILES string of the molecule is CC(C)OC(=O)COC(=O)C1CCCCC1C(=O)N1CCc2ccccc21. The van der Waals surface area contributed by atoms with Crippen LogP contribution in [0.2, 0.25) is 0 Å². The Balaban J connectivity index is 1.66. The van der Waals surface area contributed by atoms with Gasteiger partial charge in [-0.2, -0.15) is 0 Å². The number of hydrogen-bond donors (Lipinski definition) is 0. The first-order valence-corrected chi connectivity index (χ1v) is 9.72. The molecule has 1 amide bonds. The highest BCUT2D eigenvalue weighted by molar-refractivity contribution is 5.99. The maximum atomic E-state index is 13.2. The number of benzene rings is 1. The molecule has 3 rings (SSSR count). The molecule has 0 aromatic heterocycles. The summed E-state index contributed by atoms with van der Waals surface area (Å²) in [6.07, 6.45) is 3.68. The maximum absolute atomic E-state index is 13.2. The molecule has 1 saturated carbocycles. The van der Waals surface area contributed by atoms with Gasteiger partial charge in [0.05, 0.1) is 17.9 Å². The number of nitrogens with zero attached hydrogens (tertiary/aromatic N) is 1. The number of ether oxygens (including phenoxy) is 2. The van der Waals surface area contributed by atoms with Crippen LogP contribution in [0.3, 0.4) is 0 Å². The van der Waals surface area contributed by atoms with Crippen molar-refractivity contribution in [3.8, 4) is 0 Å². The summed E-state index contributed by atoms with van der Waals surface area (Å²) in [5, 5.41) is 0. The minimum absolute atomic E-state index is 0.00800. The first kappa shape index (κ1) is 19.4. The molecule has 6 nitrogen and oxygen atoms in total. The molecule has 1 fully saturated rings. The standard InChI is InChI=1S/C21H27NO5/c1-14(2)27-19(23)13-26-21(25)17-9-5-4-8-16(17)20(24)22-12-11-15-7-3-6-10-18(15)22/h3,6-7,10,14,16-17H,4-5,8-9,11-13H2,1-2H3. The lowest BCUT2D eigenvalue weighted by molar-refractivity contribution is -0.165. The van der Waals surface area contributed by atoms with Crippen LogP contribution in [0.1, 0.15) is 45.1 Å². The Hall–Kier alpha value is -2.37. The lowest BCUT2D eigenvalue weighted by Gasteiger charge is -2.32. The summed E-state index contributed by atoms with van der Waals surface area (Å²) < 4.78 is 10.2. The van der Waals surface area contributed by atoms with E-state index in [0.717, 1.165) is 30.5 Å². The van der Waals surface area contributed by atoms with Crippen molar-refractivity contribution in [3.05, 3.63) is 29.8 Å². The van der Waals surface area contributed by atoms with Crippen molar-refractivity contribution >= 4 is 23.5 Å². The Bertz CT molecular complexity index is 714. The minimum Gasteiger partial charge on any atom is -0.460 e. The van der Waals surface area contributed by atoms with E-state index in [0.29, 0.717) is 19.4 Å². The van der Waals surface area contributed by atoms with E-state index in [1.165, 1.54) is 0 Å². The molecule has 1 aliphatic carbocycles. The van der Waals surface area contributed by atoms with E-state index in [-0.39, 0.29) is 12.0 Å². The average molecular weight is 373 g/mol. The average Bonchev–Trinajstić information content (AvgIpc) is 3.09. The molecule has 2 atom stereocenters. The molecule has 1 aliphatic heterocycles. The van der Waals surface area contributed by atoms with Crippen LogP contribution >= 0.6 is 0 Å². The molecule has 1 aromatic rings. The number of carbonyl (C=O) groups is 3. The number of para-hydroxylation sites is 1. The monoisotopic (exact) mass is 373 g/mol. The van der Waals surface area contributed by atoms with E-state index in [1.54, 1.807) is 18.7 Å². The quantitative estimate of drug-likeness (QED) is 0.742. The Kier molecular flexibility index (Phi) is 6.14. The second kappa shape index (κ2) is 8.55. The van der Waals surface area contributed by atoms with Gasteiger partial charge in [0, 0.05) is 12.2 Å². The number of rotatable bonds is 5. The number of hydrogen-bond acceptors (Lipinski definition) is 5. The van der Waals surface area contributed by atoms with Crippen molar-refractivity contribution in [3.63, 3.8) is 0 Å². The number of anilines is 1. The van der Waals surface area contributed by atoms with Crippen LogP contribution < -0.4 is 4.90 Å². The maximum Gasteiger partial charge on any atom is 0.344 e. The third-order valence-corrected chi connectivity index (χ3v) is 5.24. The Morgan fingerprint density at radius 1 is 1.11 bits per heavy atom. The van der Waals surface area contributed by atoms with Crippen molar-refractivity contribution in [2.75, 3.05) is 18.1 Å². The van der Waals surface area contributed by atoms with Crippen molar-refractivity contribution in [1.29, 1.82) is 0 Å². The smallest absolute Gasteiger partial charge is 0.344 e. The van der Waals surface area contributed by atoms with Crippen LogP contribution in [-0.2, 0) is 30.3 Å². The van der Waals surface area contributed by atoms with Gasteiger partial charge in [0.25, 0.3) is 0 Å². The van der Waals surface area contributed by atoms with Gasteiger partial charge in [-0.25, -0.2) is 4.79 Å². The molecule has 146 valence electrons. The second-order valence-electron chi connectivity index (χ2n) is 7.51. The third kappa shape index (κ3) is 4.49. The number of amides is 1. The van der Waals surface area contributed by atoms with Crippen LogP contribution in [0.4, 0.5) is 5.69 Å². The molecule has 6 heteroatoms. The highest BCUT2D eigenvalue weighted by atomic mass is 16.6. The van der Waals surface area contributed by atoms with E-state index in [4.69, 9.17) is 9.47 Å². The molecule has 0 radical (unpaired) electrons. The first-order chi connectivity index (χ1) is 13.0. The molecule has 2 unspecified atom stereocenters. The zero-order chi connectivity index (χ0) is 19.4. The van der Waals surface area contributed by atoms with E-state index >= 15 is 0 Å². The Morgan fingerprint density at radius 2 is 1.81 bits per heavy atom. The highest BCUT2D eigenvalue weighted by Gasteiger charge is 2.40. The molecule has 0 saturated heterocycles. The van der Waals surface area contributed by atoms with Crippen molar-refractivity contribution in [2.45, 2.75) is 52.1 Å². The summed E-state index contributed by atoms with van der Waals surface area (Å²) in [4.78, 5) is 39.2. The van der Waals surface area contributed by atoms with Crippen molar-refractivity contribution in [2.24, 2.45) is 11.8 Å². The lowest BCUT2D eigenvalue weighted by Crippen LogP contribution is -2.42. The fourth-order valence-corrected chi connectivity index (χ4v) is 4.01. The van der Waals surface area contributed by atoms with Gasteiger partial charge in [-0.3, -0.25) is 9.59 Å². The summed E-state index contributed by atoms with van der Waals surface area (Å²) in [5.74, 6) is -1.93. The third-order valence-electron chi connectivity index (χ3n) is 5.24. The molecule has 0 bridgehead atoms. The molecular weight excluding hydrogens is 346 g/mol. The number of fused-ring (bicyclic) bond motifs is 1. The van der Waals surface area contributed by atoms with Crippen molar-refractivity contribution in [1.82, 2.24) is 0 Å². The first-order valence-electron chi connectivity index (χ1n) is 9.72. The molecule has 0 N–H and O–H groups in total. The summed E-state index contributed by atoms with van der Waals surface area (Å²) in [6.45, 7) is 3.73. The number of esters is 2. The van der Waals surface area contributed by atoms with Crippen LogP contribution in [0, 0.1) is 11.8 Å². The predicted molar refractivity (Wildman–Crippen MR) is 100 cm³/mol. The summed E-state index contributed by atoms with van der Waals surface area (Å²) in [6, 6.07) is 7.90. The minimum atomic E-state index is -0.564. The van der Waals surface area contributed by atoms with Gasteiger partial charge in [0.1, 0.15) is 0 Å². The van der Waals surface area contributed by atoms with E-state index in [1.807, 2.05) is 24.3 Å². The van der Waals surface area contributed by atoms with Gasteiger partial charge in [0.15, 0.2) is 6.61 Å². The van der Waals surface area contributed by atoms with Gasteiger partial charge in [-0.1, -0.05) is 31.0 Å². The lowest BCUT2D eigenvalue weighted by atomic mass is 9.78. The van der Waals surface area contributed by atoms with Crippen LogP contribution in [-0.4, -0.2) is 37.1 Å². The second-order valence-corrected chi connectivity index (χ2v) is 7.51. The normalized spacial score (nSPS) is 21.7. The highest BCUT2D eigenvalue weighted by Crippen LogP contribution is 2.36. The van der Waals surface area contributed by atoms with Gasteiger partial charge in [-0.15, -0.1) is 0 Å². The molecule has 2 aliphatic rings. The Labute approximate surface area is 159 Å². The topological polar surface area (TPSA) is 72.9 Å². The largest absolute Gasteiger partial charge is 0.460 e. The van der Waals surface area contributed by atoms with E-state index < -0.39 is 30.4 Å². The fraction of sp³-hybridized carbons (Fsp3) is 0.571. The van der Waals surface area contributed by atoms with Crippen LogP contribution in [0.5, 0.6) is 0 Å². The molecule has 27 heavy (non-hydrogen) atoms. The van der Waals surface area contributed by atoms with E-state index in [2.05, 4.69) is 0 Å². The number of carbonyl (C=O) groups excluding carboxylic acids is 3. The van der Waals surface area contributed by atoms with Gasteiger partial charge in [0.2, 0.25) is 5.91 Å². The van der Waals surface area contributed by atoms with E-state index in [9.17, 15) is 14.4 Å². The summed E-state index contributed by atoms with van der Waals surface area (Å²) in [7, 11) is 0. The summed E-state index contributed by atoms with van der Waals surface area (Å²) in [5.41, 5.74) is 2.11. The molecule has 1 aromatic carbocycles.